The molecule has 2 N–H and O–H groups in total. The van der Waals surface area contributed by atoms with Crippen molar-refractivity contribution in [3.05, 3.63) is 22.2 Å². The third kappa shape index (κ3) is 3.65. The first kappa shape index (κ1) is 15.6. The minimum atomic E-state index is -0.514. The first-order chi connectivity index (χ1) is 9.65. The van der Waals surface area contributed by atoms with Crippen molar-refractivity contribution < 1.29 is 14.6 Å². The van der Waals surface area contributed by atoms with E-state index in [-0.39, 0.29) is 0 Å². The van der Waals surface area contributed by atoms with E-state index in [4.69, 9.17) is 9.47 Å². The second-order valence-corrected chi connectivity index (χ2v) is 5.98. The Morgan fingerprint density at radius 3 is 2.60 bits per heavy atom. The fourth-order valence-corrected chi connectivity index (χ4v) is 3.23. The smallest absolute Gasteiger partial charge is 0.161 e. The molecule has 0 amide bonds. The van der Waals surface area contributed by atoms with E-state index in [0.717, 1.165) is 23.0 Å². The second-order valence-electron chi connectivity index (χ2n) is 5.13. The van der Waals surface area contributed by atoms with Gasteiger partial charge in [0.1, 0.15) is 0 Å². The molecule has 5 heteroatoms. The Hall–Kier alpha value is -0.780. The Morgan fingerprint density at radius 2 is 2.00 bits per heavy atom. The highest BCUT2D eigenvalue weighted by Crippen LogP contribution is 2.37. The highest BCUT2D eigenvalue weighted by atomic mass is 79.9. The van der Waals surface area contributed by atoms with Crippen molar-refractivity contribution in [2.75, 3.05) is 20.8 Å². The topological polar surface area (TPSA) is 50.7 Å². The second kappa shape index (κ2) is 7.29. The van der Waals surface area contributed by atoms with Crippen molar-refractivity contribution in [1.82, 2.24) is 5.32 Å². The molecule has 0 radical (unpaired) electrons. The van der Waals surface area contributed by atoms with Gasteiger partial charge in [0.05, 0.1) is 20.3 Å². The van der Waals surface area contributed by atoms with E-state index in [9.17, 15) is 5.11 Å². The van der Waals surface area contributed by atoms with Gasteiger partial charge in [-0.15, -0.1) is 0 Å². The molecule has 1 fully saturated rings. The summed E-state index contributed by atoms with van der Waals surface area (Å²) in [6.45, 7) is 1.05. The van der Waals surface area contributed by atoms with Gasteiger partial charge >= 0.3 is 0 Å². The van der Waals surface area contributed by atoms with Crippen LogP contribution in [0, 0.1) is 0 Å². The molecule has 1 heterocycles. The highest BCUT2D eigenvalue weighted by Gasteiger charge is 2.21. The monoisotopic (exact) mass is 343 g/mol. The van der Waals surface area contributed by atoms with Crippen LogP contribution in [-0.2, 0) is 0 Å². The maximum Gasteiger partial charge on any atom is 0.161 e. The van der Waals surface area contributed by atoms with Crippen molar-refractivity contribution in [2.24, 2.45) is 0 Å². The van der Waals surface area contributed by atoms with Gasteiger partial charge in [0.2, 0.25) is 0 Å². The van der Waals surface area contributed by atoms with Crippen LogP contribution in [0.25, 0.3) is 0 Å². The van der Waals surface area contributed by atoms with Crippen LogP contribution in [0.2, 0.25) is 0 Å². The number of piperidine rings is 1. The molecule has 0 aromatic heterocycles. The molecule has 1 aromatic carbocycles. The zero-order valence-corrected chi connectivity index (χ0v) is 13.6. The van der Waals surface area contributed by atoms with E-state index in [1.807, 2.05) is 12.1 Å². The van der Waals surface area contributed by atoms with Gasteiger partial charge in [-0.1, -0.05) is 22.4 Å². The Labute approximate surface area is 128 Å². The van der Waals surface area contributed by atoms with Crippen LogP contribution in [-0.4, -0.2) is 31.9 Å². The molecule has 1 aliphatic rings. The van der Waals surface area contributed by atoms with Crippen molar-refractivity contribution in [1.29, 1.82) is 0 Å². The molecule has 4 nitrogen and oxygen atoms in total. The van der Waals surface area contributed by atoms with E-state index >= 15 is 0 Å². The molecule has 20 heavy (non-hydrogen) atoms. The van der Waals surface area contributed by atoms with Crippen LogP contribution in [0.5, 0.6) is 11.5 Å². The lowest BCUT2D eigenvalue weighted by Gasteiger charge is -2.26. The summed E-state index contributed by atoms with van der Waals surface area (Å²) in [5, 5.41) is 13.9. The number of benzene rings is 1. The lowest BCUT2D eigenvalue weighted by molar-refractivity contribution is 0.143. The summed E-state index contributed by atoms with van der Waals surface area (Å²) in [5.74, 6) is 1.30. The van der Waals surface area contributed by atoms with Crippen LogP contribution in [0.1, 0.15) is 37.4 Å². The van der Waals surface area contributed by atoms with Crippen molar-refractivity contribution in [2.45, 2.75) is 37.8 Å². The minimum absolute atomic E-state index is 0.388. The van der Waals surface area contributed by atoms with Gasteiger partial charge in [-0.3, -0.25) is 0 Å². The summed E-state index contributed by atoms with van der Waals surface area (Å²) in [7, 11) is 3.21. The summed E-state index contributed by atoms with van der Waals surface area (Å²) in [5.41, 5.74) is 0.843. The molecule has 0 spiro atoms. The third-order valence-corrected chi connectivity index (χ3v) is 4.47. The molecule has 2 atom stereocenters. The zero-order chi connectivity index (χ0) is 14.5. The molecule has 112 valence electrons. The number of halogens is 1. The molecule has 0 unspecified atom stereocenters. The molecular formula is C15H22BrNO3. The Morgan fingerprint density at radius 1 is 1.30 bits per heavy atom. The Balaban J connectivity index is 2.13. The highest BCUT2D eigenvalue weighted by molar-refractivity contribution is 9.10. The van der Waals surface area contributed by atoms with Crippen molar-refractivity contribution in [3.63, 3.8) is 0 Å². The van der Waals surface area contributed by atoms with E-state index in [1.165, 1.54) is 12.8 Å². The van der Waals surface area contributed by atoms with Crippen molar-refractivity contribution in [3.8, 4) is 11.5 Å². The summed E-state index contributed by atoms with van der Waals surface area (Å²) in [6.07, 6.45) is 3.79. The molecular weight excluding hydrogens is 322 g/mol. The van der Waals surface area contributed by atoms with Crippen molar-refractivity contribution >= 4 is 15.9 Å². The predicted molar refractivity (Wildman–Crippen MR) is 82.5 cm³/mol. The van der Waals surface area contributed by atoms with Gasteiger partial charge in [-0.05, 0) is 43.5 Å². The summed E-state index contributed by atoms with van der Waals surface area (Å²) < 4.78 is 11.4. The van der Waals surface area contributed by atoms with Gasteiger partial charge in [0.25, 0.3) is 0 Å². The van der Waals surface area contributed by atoms with Gasteiger partial charge in [-0.25, -0.2) is 0 Å². The molecule has 1 aromatic rings. The average Bonchev–Trinajstić information content (AvgIpc) is 2.47. The van der Waals surface area contributed by atoms with Gasteiger partial charge in [-0.2, -0.15) is 0 Å². The zero-order valence-electron chi connectivity index (χ0n) is 12.0. The quantitative estimate of drug-likeness (QED) is 0.862. The Kier molecular flexibility index (Phi) is 5.69. The van der Waals surface area contributed by atoms with Crippen LogP contribution in [0.4, 0.5) is 0 Å². The van der Waals surface area contributed by atoms with Gasteiger partial charge in [0.15, 0.2) is 11.5 Å². The van der Waals surface area contributed by atoms with Gasteiger partial charge < -0.3 is 19.9 Å². The molecule has 1 aliphatic heterocycles. The maximum absolute atomic E-state index is 10.5. The fourth-order valence-electron chi connectivity index (χ4n) is 2.65. The number of hydrogen-bond donors (Lipinski definition) is 2. The standard InChI is InChI=1S/C15H22BrNO3/c1-19-14-8-11(12(16)9-15(14)20-2)13(18)7-10-5-3-4-6-17-10/h8-10,13,17-18H,3-7H2,1-2H3/t10-,13+/m1/s1. The lowest BCUT2D eigenvalue weighted by atomic mass is 9.96. The fraction of sp³-hybridized carbons (Fsp3) is 0.600. The number of methoxy groups -OCH3 is 2. The SMILES string of the molecule is COc1cc(Br)c([C@@H](O)C[C@H]2CCCCN2)cc1OC. The third-order valence-electron chi connectivity index (χ3n) is 3.78. The number of ether oxygens (including phenoxy) is 2. The molecule has 0 aliphatic carbocycles. The van der Waals surface area contributed by atoms with E-state index < -0.39 is 6.10 Å². The number of aliphatic hydroxyl groups excluding tert-OH is 1. The number of hydrogen-bond acceptors (Lipinski definition) is 4. The summed E-state index contributed by atoms with van der Waals surface area (Å²) in [4.78, 5) is 0. The first-order valence-corrected chi connectivity index (χ1v) is 7.78. The minimum Gasteiger partial charge on any atom is -0.493 e. The van der Waals surface area contributed by atoms with Crippen LogP contribution >= 0.6 is 15.9 Å². The normalized spacial score (nSPS) is 20.5. The largest absolute Gasteiger partial charge is 0.493 e. The molecule has 1 saturated heterocycles. The number of aliphatic hydroxyl groups is 1. The van der Waals surface area contributed by atoms with Gasteiger partial charge in [0, 0.05) is 10.5 Å². The predicted octanol–water partition coefficient (Wildman–Crippen LogP) is 3.03. The number of nitrogens with one attached hydrogen (secondary N) is 1. The van der Waals surface area contributed by atoms with Crippen LogP contribution < -0.4 is 14.8 Å². The maximum atomic E-state index is 10.5. The molecule has 0 saturated carbocycles. The Bertz CT molecular complexity index is 447. The number of rotatable bonds is 5. The summed E-state index contributed by atoms with van der Waals surface area (Å²) >= 11 is 3.50. The molecule has 0 bridgehead atoms. The van der Waals surface area contributed by atoms with E-state index in [2.05, 4.69) is 21.2 Å². The van der Waals surface area contributed by atoms with Crippen LogP contribution in [0.3, 0.4) is 0 Å². The van der Waals surface area contributed by atoms with E-state index in [1.54, 1.807) is 14.2 Å². The van der Waals surface area contributed by atoms with E-state index in [0.29, 0.717) is 24.0 Å². The molecule has 2 rings (SSSR count). The lowest BCUT2D eigenvalue weighted by Crippen LogP contribution is -2.35. The van der Waals surface area contributed by atoms with Crippen LogP contribution in [0.15, 0.2) is 16.6 Å². The summed E-state index contributed by atoms with van der Waals surface area (Å²) in [6, 6.07) is 4.07. The average molecular weight is 344 g/mol. The first-order valence-electron chi connectivity index (χ1n) is 6.98.